The third-order valence-electron chi connectivity index (χ3n) is 10.6. The molecule has 0 amide bonds. The zero-order valence-corrected chi connectivity index (χ0v) is 25.9. The summed E-state index contributed by atoms with van der Waals surface area (Å²) in [7, 11) is 0. The van der Waals surface area contributed by atoms with Gasteiger partial charge in [0.2, 0.25) is 0 Å². The first kappa shape index (κ1) is 26.0. The molecule has 46 heavy (non-hydrogen) atoms. The first-order chi connectivity index (χ1) is 22.7. The van der Waals surface area contributed by atoms with Gasteiger partial charge in [0.05, 0.1) is 11.6 Å². The van der Waals surface area contributed by atoms with Gasteiger partial charge in [0, 0.05) is 50.4 Å². The van der Waals surface area contributed by atoms with Crippen LogP contribution in [0.25, 0.3) is 50.2 Å². The Kier molecular flexibility index (Phi) is 5.57. The average Bonchev–Trinajstić information content (AvgIpc) is 3.75. The fraction of sp³-hybridized carbons (Fsp3) is 0.163. The van der Waals surface area contributed by atoms with E-state index in [-0.39, 0.29) is 6.04 Å². The van der Waals surface area contributed by atoms with Gasteiger partial charge in [-0.05, 0) is 84.3 Å². The molecule has 0 saturated carbocycles. The molecule has 2 aromatic heterocycles. The molecule has 3 unspecified atom stereocenters. The van der Waals surface area contributed by atoms with E-state index in [2.05, 4.69) is 150 Å². The van der Waals surface area contributed by atoms with Gasteiger partial charge in [-0.1, -0.05) is 98.0 Å². The summed E-state index contributed by atoms with van der Waals surface area (Å²) in [4.78, 5) is 2.54. The molecule has 0 saturated heterocycles. The summed E-state index contributed by atoms with van der Waals surface area (Å²) in [6.45, 7) is 2.37. The standard InChI is InChI=1S/C43H34N2O/c1-27-12-10-22-39-43(27)35-26-42-34(33-18-5-9-23-41(33)46-42)25-40(35)45(39)36-19-6-2-15-30(36)28-13-11-14-29(24-28)44-37-20-7-3-16-31(37)32-17-4-8-21-38(32)44/h2-5,7-11,13-18,20-27,31,37H,6,12,19H2,1H3. The summed E-state index contributed by atoms with van der Waals surface area (Å²) >= 11 is 0. The lowest BCUT2D eigenvalue weighted by Gasteiger charge is -2.29. The number of hydrogen-bond donors (Lipinski definition) is 0. The van der Waals surface area contributed by atoms with Crippen LogP contribution in [0.4, 0.5) is 11.4 Å². The lowest BCUT2D eigenvalue weighted by Crippen LogP contribution is -2.28. The van der Waals surface area contributed by atoms with Gasteiger partial charge in [0.25, 0.3) is 0 Å². The monoisotopic (exact) mass is 594 g/mol. The van der Waals surface area contributed by atoms with Gasteiger partial charge in [-0.15, -0.1) is 0 Å². The minimum atomic E-state index is 0.284. The second-order valence-electron chi connectivity index (χ2n) is 13.2. The number of allylic oxidation sites excluding steroid dienone is 7. The van der Waals surface area contributed by atoms with Crippen molar-refractivity contribution in [3.63, 3.8) is 0 Å². The lowest BCUT2D eigenvalue weighted by molar-refractivity contribution is 0.669. The number of nitrogens with zero attached hydrogens (tertiary/aromatic N) is 2. The van der Waals surface area contributed by atoms with Crippen LogP contribution in [-0.4, -0.2) is 10.6 Å². The quantitative estimate of drug-likeness (QED) is 0.203. The van der Waals surface area contributed by atoms with Gasteiger partial charge < -0.3 is 13.9 Å². The summed E-state index contributed by atoms with van der Waals surface area (Å²) in [5.74, 6) is 0.814. The van der Waals surface area contributed by atoms with E-state index in [1.807, 2.05) is 0 Å². The predicted molar refractivity (Wildman–Crippen MR) is 193 cm³/mol. The number of fused-ring (bicyclic) bond motifs is 9. The van der Waals surface area contributed by atoms with Crippen molar-refractivity contribution in [1.29, 1.82) is 0 Å². The average molecular weight is 595 g/mol. The maximum atomic E-state index is 6.39. The fourth-order valence-electron chi connectivity index (χ4n) is 8.58. The fourth-order valence-corrected chi connectivity index (χ4v) is 8.58. The summed E-state index contributed by atoms with van der Waals surface area (Å²) in [5.41, 5.74) is 13.8. The summed E-state index contributed by atoms with van der Waals surface area (Å²) in [6.07, 6.45) is 21.6. The first-order valence-corrected chi connectivity index (χ1v) is 16.6. The first-order valence-electron chi connectivity index (χ1n) is 16.6. The van der Waals surface area contributed by atoms with Gasteiger partial charge in [0.15, 0.2) is 0 Å². The molecule has 3 heterocycles. The molecule has 6 aromatic rings. The summed E-state index contributed by atoms with van der Waals surface area (Å²) in [6, 6.07) is 31.5. The largest absolute Gasteiger partial charge is 0.456 e. The third-order valence-corrected chi connectivity index (χ3v) is 10.6. The zero-order valence-electron chi connectivity index (χ0n) is 25.9. The molecule has 3 nitrogen and oxygen atoms in total. The zero-order chi connectivity index (χ0) is 30.4. The minimum Gasteiger partial charge on any atom is -0.456 e. The van der Waals surface area contributed by atoms with Crippen molar-refractivity contribution in [3.8, 4) is 0 Å². The van der Waals surface area contributed by atoms with Crippen molar-refractivity contribution < 1.29 is 4.42 Å². The van der Waals surface area contributed by atoms with Crippen LogP contribution < -0.4 is 4.90 Å². The Labute approximate surface area is 268 Å². The molecule has 3 atom stereocenters. The van der Waals surface area contributed by atoms with E-state index in [9.17, 15) is 0 Å². The second-order valence-corrected chi connectivity index (χ2v) is 13.2. The van der Waals surface area contributed by atoms with E-state index in [4.69, 9.17) is 4.42 Å². The highest BCUT2D eigenvalue weighted by molar-refractivity contribution is 6.12. The van der Waals surface area contributed by atoms with E-state index < -0.39 is 0 Å². The molecular formula is C43H34N2O. The summed E-state index contributed by atoms with van der Waals surface area (Å²) in [5, 5.41) is 3.67. The van der Waals surface area contributed by atoms with Crippen LogP contribution in [-0.2, 0) is 0 Å². The van der Waals surface area contributed by atoms with E-state index in [1.165, 1.54) is 66.7 Å². The number of rotatable bonds is 3. The summed E-state index contributed by atoms with van der Waals surface area (Å²) < 4.78 is 8.98. The molecule has 0 bridgehead atoms. The highest BCUT2D eigenvalue weighted by Crippen LogP contribution is 2.49. The molecule has 0 spiro atoms. The molecule has 4 aromatic carbocycles. The Balaban J connectivity index is 1.20. The van der Waals surface area contributed by atoms with E-state index in [0.717, 1.165) is 30.4 Å². The van der Waals surface area contributed by atoms with Crippen molar-refractivity contribution in [1.82, 2.24) is 4.57 Å². The van der Waals surface area contributed by atoms with Crippen molar-refractivity contribution >= 4 is 61.6 Å². The SMILES string of the molecule is CC1CC=Cc2c1c1cc3oc4ccccc4c3cc1n2C1=C(c2cccc(N3c4ccccc4C4C=CC=CC43)c2)C=CCC1. The van der Waals surface area contributed by atoms with Gasteiger partial charge in [-0.2, -0.15) is 0 Å². The van der Waals surface area contributed by atoms with Crippen LogP contribution in [0, 0.1) is 0 Å². The second kappa shape index (κ2) is 9.86. The maximum absolute atomic E-state index is 6.39. The van der Waals surface area contributed by atoms with Crippen LogP contribution >= 0.6 is 0 Å². The number of benzene rings is 4. The minimum absolute atomic E-state index is 0.284. The van der Waals surface area contributed by atoms with Gasteiger partial charge in [-0.25, -0.2) is 0 Å². The predicted octanol–water partition coefficient (Wildman–Crippen LogP) is 11.5. The number of anilines is 2. The van der Waals surface area contributed by atoms with E-state index in [1.54, 1.807) is 0 Å². The molecule has 222 valence electrons. The van der Waals surface area contributed by atoms with Crippen molar-refractivity contribution in [2.45, 2.75) is 44.1 Å². The number of para-hydroxylation sites is 2. The molecule has 0 N–H and O–H groups in total. The molecule has 0 fully saturated rings. The topological polar surface area (TPSA) is 21.3 Å². The Morgan fingerprint density at radius 1 is 0.761 bits per heavy atom. The number of hydrogen-bond acceptors (Lipinski definition) is 2. The molecule has 0 radical (unpaired) electrons. The van der Waals surface area contributed by atoms with Gasteiger partial charge >= 0.3 is 0 Å². The van der Waals surface area contributed by atoms with Crippen LogP contribution in [0.15, 0.2) is 132 Å². The van der Waals surface area contributed by atoms with Gasteiger partial charge in [-0.3, -0.25) is 0 Å². The smallest absolute Gasteiger partial charge is 0.136 e. The number of aromatic nitrogens is 1. The van der Waals surface area contributed by atoms with Crippen molar-refractivity contribution in [2.24, 2.45) is 0 Å². The molecular weight excluding hydrogens is 560 g/mol. The van der Waals surface area contributed by atoms with Crippen LogP contribution in [0.3, 0.4) is 0 Å². The van der Waals surface area contributed by atoms with Crippen LogP contribution in [0.1, 0.15) is 60.4 Å². The van der Waals surface area contributed by atoms with Crippen LogP contribution in [0.2, 0.25) is 0 Å². The van der Waals surface area contributed by atoms with Gasteiger partial charge in [0.1, 0.15) is 11.2 Å². The molecule has 3 aliphatic carbocycles. The Hall–Kier alpha value is -5.28. The van der Waals surface area contributed by atoms with Crippen molar-refractivity contribution in [3.05, 3.63) is 150 Å². The van der Waals surface area contributed by atoms with Crippen LogP contribution in [0.5, 0.6) is 0 Å². The highest BCUT2D eigenvalue weighted by atomic mass is 16.3. The Morgan fingerprint density at radius 3 is 2.63 bits per heavy atom. The third kappa shape index (κ3) is 3.66. The highest BCUT2D eigenvalue weighted by Gasteiger charge is 2.37. The van der Waals surface area contributed by atoms with Crippen molar-refractivity contribution in [2.75, 3.05) is 4.90 Å². The molecule has 1 aliphatic heterocycles. The molecule has 10 rings (SSSR count). The van der Waals surface area contributed by atoms with E-state index in [0.29, 0.717) is 11.8 Å². The number of furan rings is 1. The van der Waals surface area contributed by atoms with E-state index >= 15 is 0 Å². The Morgan fingerprint density at radius 2 is 1.65 bits per heavy atom. The lowest BCUT2D eigenvalue weighted by atomic mass is 9.90. The molecule has 3 heteroatoms. The maximum Gasteiger partial charge on any atom is 0.136 e. The normalized spacial score (nSPS) is 21.5. The Bertz CT molecular complexity index is 2390. The molecule has 4 aliphatic rings.